The molecule has 1 saturated carbocycles. The Morgan fingerprint density at radius 1 is 1.15 bits per heavy atom. The van der Waals surface area contributed by atoms with Crippen LogP contribution >= 0.6 is 0 Å². The molecule has 6 nitrogen and oxygen atoms in total. The zero-order valence-corrected chi connectivity index (χ0v) is 12.3. The van der Waals surface area contributed by atoms with Crippen LogP contribution in [0.3, 0.4) is 0 Å². The predicted octanol–water partition coefficient (Wildman–Crippen LogP) is 0.667. The van der Waals surface area contributed by atoms with E-state index >= 15 is 0 Å². The van der Waals surface area contributed by atoms with Crippen LogP contribution in [0.2, 0.25) is 0 Å². The number of carboxylic acid groups (broad SMARTS) is 1. The van der Waals surface area contributed by atoms with E-state index in [2.05, 4.69) is 0 Å². The van der Waals surface area contributed by atoms with Crippen LogP contribution in [0.5, 0.6) is 0 Å². The summed E-state index contributed by atoms with van der Waals surface area (Å²) >= 11 is 0. The molecule has 20 heavy (non-hydrogen) atoms. The summed E-state index contributed by atoms with van der Waals surface area (Å²) in [5, 5.41) is 8.60. The first-order valence-electron chi connectivity index (χ1n) is 7.12. The van der Waals surface area contributed by atoms with Crippen LogP contribution in [0.4, 0.5) is 0 Å². The lowest BCUT2D eigenvalue weighted by Gasteiger charge is -2.17. The van der Waals surface area contributed by atoms with Gasteiger partial charge >= 0.3 is 5.97 Å². The topological polar surface area (TPSA) is 91.8 Å². The Labute approximate surface area is 119 Å². The van der Waals surface area contributed by atoms with Crippen LogP contribution in [0.15, 0.2) is 0 Å². The van der Waals surface area contributed by atoms with E-state index in [-0.39, 0.29) is 29.9 Å². The van der Waals surface area contributed by atoms with Crippen molar-refractivity contribution in [2.75, 3.05) is 18.8 Å². The fraction of sp³-hybridized carbons (Fsp3) is 0.846. The molecule has 0 aromatic carbocycles. The van der Waals surface area contributed by atoms with Crippen molar-refractivity contribution < 1.29 is 23.1 Å². The molecule has 0 aromatic heterocycles. The van der Waals surface area contributed by atoms with E-state index < -0.39 is 21.7 Å². The number of rotatable bonds is 5. The van der Waals surface area contributed by atoms with Crippen molar-refractivity contribution in [3.63, 3.8) is 0 Å². The Morgan fingerprint density at radius 2 is 1.80 bits per heavy atom. The lowest BCUT2D eigenvalue weighted by Crippen LogP contribution is -2.32. The second-order valence-corrected chi connectivity index (χ2v) is 8.09. The molecule has 2 aliphatic rings. The molecule has 0 spiro atoms. The molecule has 0 unspecified atom stereocenters. The normalized spacial score (nSPS) is 24.2. The summed E-state index contributed by atoms with van der Waals surface area (Å²) in [5.74, 6) is -1.75. The Balaban J connectivity index is 1.82. The third-order valence-electron chi connectivity index (χ3n) is 4.30. The van der Waals surface area contributed by atoms with Gasteiger partial charge in [0, 0.05) is 19.5 Å². The van der Waals surface area contributed by atoms with Gasteiger partial charge in [0.2, 0.25) is 5.91 Å². The molecule has 2 rings (SSSR count). The molecule has 7 heteroatoms. The fourth-order valence-corrected chi connectivity index (χ4v) is 4.83. The third kappa shape index (κ3) is 3.50. The van der Waals surface area contributed by atoms with Crippen molar-refractivity contribution in [1.29, 1.82) is 0 Å². The van der Waals surface area contributed by atoms with Crippen LogP contribution in [0.25, 0.3) is 0 Å². The molecule has 1 aliphatic carbocycles. The highest BCUT2D eigenvalue weighted by Gasteiger charge is 2.33. The number of carbonyl (C=O) groups excluding carboxylic acids is 1. The first-order valence-corrected chi connectivity index (χ1v) is 8.84. The number of sulfone groups is 1. The molecule has 1 aliphatic heterocycles. The van der Waals surface area contributed by atoms with Crippen molar-refractivity contribution in [2.24, 2.45) is 5.92 Å². The monoisotopic (exact) mass is 303 g/mol. The maximum absolute atomic E-state index is 12.1. The zero-order chi connectivity index (χ0) is 14.8. The average molecular weight is 303 g/mol. The van der Waals surface area contributed by atoms with E-state index in [1.54, 1.807) is 0 Å². The Bertz CT molecular complexity index is 481. The van der Waals surface area contributed by atoms with Crippen LogP contribution in [-0.2, 0) is 19.4 Å². The minimum absolute atomic E-state index is 0.0226. The number of aliphatic carboxylic acids is 1. The van der Waals surface area contributed by atoms with Crippen molar-refractivity contribution in [2.45, 2.75) is 43.8 Å². The van der Waals surface area contributed by atoms with E-state index in [9.17, 15) is 18.0 Å². The Kier molecular flexibility index (Phi) is 4.67. The number of hydrogen-bond donors (Lipinski definition) is 1. The molecule has 114 valence electrons. The van der Waals surface area contributed by atoms with E-state index in [1.165, 1.54) is 4.90 Å². The van der Waals surface area contributed by atoms with Gasteiger partial charge in [0.05, 0.1) is 16.9 Å². The molecule has 1 amide bonds. The standard InChI is InChI=1S/C13H21NO5S/c15-12(14-7-5-10(9-14)13(16)17)6-8-20(18,19)11-3-1-2-4-11/h10-11H,1-9H2,(H,16,17)/t10-/m0/s1. The molecule has 0 aromatic rings. The highest BCUT2D eigenvalue weighted by molar-refractivity contribution is 7.92. The number of carboxylic acids is 1. The number of amides is 1. The quantitative estimate of drug-likeness (QED) is 0.806. The maximum atomic E-state index is 12.1. The lowest BCUT2D eigenvalue weighted by molar-refractivity contribution is -0.141. The van der Waals surface area contributed by atoms with Crippen molar-refractivity contribution in [3.05, 3.63) is 0 Å². The lowest BCUT2D eigenvalue weighted by atomic mass is 10.1. The summed E-state index contributed by atoms with van der Waals surface area (Å²) in [5.41, 5.74) is 0. The molecule has 0 bridgehead atoms. The highest BCUT2D eigenvalue weighted by atomic mass is 32.2. The average Bonchev–Trinajstić information content (AvgIpc) is 3.06. The third-order valence-corrected chi connectivity index (χ3v) is 6.56. The highest BCUT2D eigenvalue weighted by Crippen LogP contribution is 2.26. The van der Waals surface area contributed by atoms with E-state index in [4.69, 9.17) is 5.11 Å². The van der Waals surface area contributed by atoms with Gasteiger partial charge in [-0.3, -0.25) is 9.59 Å². The Hall–Kier alpha value is -1.11. The number of hydrogen-bond acceptors (Lipinski definition) is 4. The van der Waals surface area contributed by atoms with Gasteiger partial charge in [-0.2, -0.15) is 0 Å². The van der Waals surface area contributed by atoms with E-state index in [0.29, 0.717) is 25.8 Å². The summed E-state index contributed by atoms with van der Waals surface area (Å²) in [6.07, 6.45) is 3.75. The second-order valence-electron chi connectivity index (χ2n) is 5.69. The fourth-order valence-electron chi connectivity index (χ4n) is 2.99. The van der Waals surface area contributed by atoms with Crippen molar-refractivity contribution >= 4 is 21.7 Å². The summed E-state index contributed by atoms with van der Waals surface area (Å²) in [6, 6.07) is 0. The van der Waals surface area contributed by atoms with E-state index in [1.807, 2.05) is 0 Å². The zero-order valence-electron chi connectivity index (χ0n) is 11.5. The maximum Gasteiger partial charge on any atom is 0.308 e. The van der Waals surface area contributed by atoms with Gasteiger partial charge in [-0.15, -0.1) is 0 Å². The van der Waals surface area contributed by atoms with Crippen molar-refractivity contribution in [1.82, 2.24) is 4.90 Å². The first kappa shape index (κ1) is 15.3. The first-order chi connectivity index (χ1) is 9.40. The van der Waals surface area contributed by atoms with Crippen LogP contribution in [0, 0.1) is 5.92 Å². The molecular weight excluding hydrogens is 282 g/mol. The largest absolute Gasteiger partial charge is 0.481 e. The predicted molar refractivity (Wildman–Crippen MR) is 73.0 cm³/mol. The summed E-state index contributed by atoms with van der Waals surface area (Å²) in [7, 11) is -3.18. The summed E-state index contributed by atoms with van der Waals surface area (Å²) < 4.78 is 24.1. The van der Waals surface area contributed by atoms with E-state index in [0.717, 1.165) is 12.8 Å². The van der Waals surface area contributed by atoms with Gasteiger partial charge in [-0.25, -0.2) is 8.42 Å². The second kappa shape index (κ2) is 6.11. The molecular formula is C13H21NO5S. The number of likely N-dealkylation sites (tertiary alicyclic amines) is 1. The molecule has 2 fully saturated rings. The number of carbonyl (C=O) groups is 2. The Morgan fingerprint density at radius 3 is 2.35 bits per heavy atom. The van der Waals surface area contributed by atoms with Gasteiger partial charge < -0.3 is 10.0 Å². The molecule has 1 atom stereocenters. The van der Waals surface area contributed by atoms with Gasteiger partial charge in [0.1, 0.15) is 0 Å². The van der Waals surface area contributed by atoms with Crippen molar-refractivity contribution in [3.8, 4) is 0 Å². The smallest absolute Gasteiger partial charge is 0.308 e. The molecule has 1 saturated heterocycles. The van der Waals surface area contributed by atoms with Crippen LogP contribution < -0.4 is 0 Å². The summed E-state index contributed by atoms with van der Waals surface area (Å²) in [4.78, 5) is 24.2. The minimum atomic E-state index is -3.18. The molecule has 1 N–H and O–H groups in total. The van der Waals surface area contributed by atoms with Gasteiger partial charge in [0.15, 0.2) is 9.84 Å². The molecule has 0 radical (unpaired) electrons. The minimum Gasteiger partial charge on any atom is -0.481 e. The van der Waals surface area contributed by atoms with Crippen LogP contribution in [-0.4, -0.2) is 54.4 Å². The molecule has 1 heterocycles. The van der Waals surface area contributed by atoms with Gasteiger partial charge in [-0.1, -0.05) is 12.8 Å². The summed E-state index contributed by atoms with van der Waals surface area (Å²) in [6.45, 7) is 0.622. The SMILES string of the molecule is O=C(O)[C@H]1CCN(C(=O)CCS(=O)(=O)C2CCCC2)C1. The number of nitrogens with zero attached hydrogens (tertiary/aromatic N) is 1. The van der Waals surface area contributed by atoms with Gasteiger partial charge in [-0.05, 0) is 19.3 Å². The van der Waals surface area contributed by atoms with Gasteiger partial charge in [0.25, 0.3) is 0 Å². The van der Waals surface area contributed by atoms with Crippen LogP contribution in [0.1, 0.15) is 38.5 Å².